The number of hydrogen-bond donors (Lipinski definition) is 2. The molecular weight excluding hydrogens is 184 g/mol. The maximum Gasteiger partial charge on any atom is 0.241 e. The van der Waals surface area contributed by atoms with Gasteiger partial charge in [0, 0.05) is 24.3 Å². The topological polar surface area (TPSA) is 134 Å². The number of primary amides is 2. The third-order valence-electron chi connectivity index (χ3n) is 0.644. The zero-order valence-electron chi connectivity index (χ0n) is 7.18. The molecule has 0 aromatic rings. The van der Waals surface area contributed by atoms with Gasteiger partial charge in [0.15, 0.2) is 0 Å². The molecule has 0 aromatic heterocycles. The minimum atomic E-state index is -0.677. The van der Waals surface area contributed by atoms with Gasteiger partial charge in [-0.05, 0) is 0 Å². The van der Waals surface area contributed by atoms with Crippen LogP contribution in [0.15, 0.2) is 24.3 Å². The Balaban J connectivity index is 0. The molecule has 0 aliphatic rings. The number of carbonyl (C=O) groups is 2. The molecule has 0 fully saturated rings. The minimum Gasteiger partial charge on any atom is -0.366 e. The standard InChI is InChI=1S/C4H6N2O2.C4H2N2/c5-3(7)1-2-4(6)8;5-3-1-2-4-6/h1-2H,(H2,5,7)(H2,6,8);1-2H. The second-order valence-electron chi connectivity index (χ2n) is 1.73. The molecule has 72 valence electrons. The summed E-state index contributed by atoms with van der Waals surface area (Å²) in [6, 6.07) is 3.33. The molecule has 0 bridgehead atoms. The molecule has 0 aliphatic heterocycles. The Hall–Kier alpha value is -2.60. The molecule has 0 radical (unpaired) electrons. The predicted octanol–water partition coefficient (Wildman–Crippen LogP) is -0.897. The van der Waals surface area contributed by atoms with Crippen LogP contribution in [0.25, 0.3) is 0 Å². The van der Waals surface area contributed by atoms with Crippen LogP contribution in [0.2, 0.25) is 0 Å². The lowest BCUT2D eigenvalue weighted by Gasteiger charge is -1.76. The summed E-state index contributed by atoms with van der Waals surface area (Å²) in [6.07, 6.45) is 4.06. The van der Waals surface area contributed by atoms with Gasteiger partial charge in [-0.15, -0.1) is 0 Å². The van der Waals surface area contributed by atoms with Gasteiger partial charge in [-0.25, -0.2) is 0 Å². The van der Waals surface area contributed by atoms with Crippen LogP contribution in [0.5, 0.6) is 0 Å². The zero-order valence-corrected chi connectivity index (χ0v) is 7.18. The number of allylic oxidation sites excluding steroid dienone is 2. The highest BCUT2D eigenvalue weighted by molar-refractivity contribution is 5.95. The Bertz CT molecular complexity index is 298. The van der Waals surface area contributed by atoms with Crippen molar-refractivity contribution in [3.8, 4) is 12.1 Å². The summed E-state index contributed by atoms with van der Waals surface area (Å²) >= 11 is 0. The Morgan fingerprint density at radius 1 is 0.929 bits per heavy atom. The van der Waals surface area contributed by atoms with Crippen LogP contribution >= 0.6 is 0 Å². The summed E-state index contributed by atoms with van der Waals surface area (Å²) in [5.41, 5.74) is 9.21. The van der Waals surface area contributed by atoms with Crippen LogP contribution < -0.4 is 11.5 Å². The Morgan fingerprint density at radius 2 is 1.21 bits per heavy atom. The summed E-state index contributed by atoms with van der Waals surface area (Å²) in [7, 11) is 0. The molecule has 0 spiro atoms. The Kier molecular flexibility index (Phi) is 10.4. The van der Waals surface area contributed by atoms with E-state index in [1.54, 1.807) is 12.1 Å². The van der Waals surface area contributed by atoms with Crippen molar-refractivity contribution >= 4 is 11.8 Å². The first-order chi connectivity index (χ1) is 6.54. The first-order valence-electron chi connectivity index (χ1n) is 3.25. The van der Waals surface area contributed by atoms with E-state index in [9.17, 15) is 9.59 Å². The van der Waals surface area contributed by atoms with Gasteiger partial charge in [0.25, 0.3) is 0 Å². The number of rotatable bonds is 2. The van der Waals surface area contributed by atoms with Gasteiger partial charge in [-0.1, -0.05) is 0 Å². The lowest BCUT2D eigenvalue weighted by molar-refractivity contribution is -0.115. The molecule has 0 aliphatic carbocycles. The van der Waals surface area contributed by atoms with E-state index < -0.39 is 11.8 Å². The molecule has 0 rings (SSSR count). The van der Waals surface area contributed by atoms with Crippen molar-refractivity contribution in [3.05, 3.63) is 24.3 Å². The third-order valence-corrected chi connectivity index (χ3v) is 0.644. The van der Waals surface area contributed by atoms with Gasteiger partial charge in [0.05, 0.1) is 12.1 Å². The highest BCUT2D eigenvalue weighted by atomic mass is 16.1. The SMILES string of the molecule is N#CC=CC#N.NC(=O)C=CC(N)=O. The van der Waals surface area contributed by atoms with Crippen molar-refractivity contribution in [2.24, 2.45) is 11.5 Å². The summed E-state index contributed by atoms with van der Waals surface area (Å²) < 4.78 is 0. The fourth-order valence-electron chi connectivity index (χ4n) is 0.239. The smallest absolute Gasteiger partial charge is 0.241 e. The minimum absolute atomic E-state index is 0.677. The average molecular weight is 192 g/mol. The molecule has 0 heterocycles. The van der Waals surface area contributed by atoms with Crippen LogP contribution in [0.1, 0.15) is 0 Å². The van der Waals surface area contributed by atoms with E-state index in [2.05, 4.69) is 11.5 Å². The molecule has 6 heteroatoms. The molecular formula is C8H8N4O2. The van der Waals surface area contributed by atoms with Crippen molar-refractivity contribution in [1.29, 1.82) is 10.5 Å². The number of hydrogen-bond acceptors (Lipinski definition) is 4. The zero-order chi connectivity index (χ0) is 11.4. The van der Waals surface area contributed by atoms with Gasteiger partial charge in [-0.2, -0.15) is 10.5 Å². The molecule has 0 unspecified atom stereocenters. The van der Waals surface area contributed by atoms with Gasteiger partial charge in [-0.3, -0.25) is 9.59 Å². The van der Waals surface area contributed by atoms with Crippen molar-refractivity contribution in [2.45, 2.75) is 0 Å². The highest BCUT2D eigenvalue weighted by Gasteiger charge is 1.83. The largest absolute Gasteiger partial charge is 0.366 e. The summed E-state index contributed by atoms with van der Waals surface area (Å²) in [5, 5.41) is 15.4. The molecule has 6 nitrogen and oxygen atoms in total. The summed E-state index contributed by atoms with van der Waals surface area (Å²) in [4.78, 5) is 19.7. The third kappa shape index (κ3) is 22.7. The quantitative estimate of drug-likeness (QED) is 0.433. The number of nitrogens with two attached hydrogens (primary N) is 2. The van der Waals surface area contributed by atoms with Crippen LogP contribution in [0, 0.1) is 22.7 Å². The van der Waals surface area contributed by atoms with E-state index in [4.69, 9.17) is 10.5 Å². The van der Waals surface area contributed by atoms with E-state index >= 15 is 0 Å². The lowest BCUT2D eigenvalue weighted by Crippen LogP contribution is -2.10. The van der Waals surface area contributed by atoms with Gasteiger partial charge >= 0.3 is 0 Å². The van der Waals surface area contributed by atoms with Crippen LogP contribution in [-0.2, 0) is 9.59 Å². The molecule has 0 saturated carbocycles. The van der Waals surface area contributed by atoms with Crippen molar-refractivity contribution in [3.63, 3.8) is 0 Å². The number of amides is 2. The molecule has 0 saturated heterocycles. The van der Waals surface area contributed by atoms with Gasteiger partial charge in [0.1, 0.15) is 0 Å². The van der Waals surface area contributed by atoms with Crippen molar-refractivity contribution < 1.29 is 9.59 Å². The number of carbonyl (C=O) groups excluding carboxylic acids is 2. The highest BCUT2D eigenvalue weighted by Crippen LogP contribution is 1.65. The van der Waals surface area contributed by atoms with Crippen LogP contribution in [0.3, 0.4) is 0 Å². The summed E-state index contributed by atoms with van der Waals surface area (Å²) in [6.45, 7) is 0. The van der Waals surface area contributed by atoms with E-state index in [0.717, 1.165) is 24.3 Å². The maximum absolute atomic E-state index is 9.83. The molecule has 4 N–H and O–H groups in total. The normalized spacial score (nSPS) is 8.43. The van der Waals surface area contributed by atoms with Gasteiger partial charge < -0.3 is 11.5 Å². The van der Waals surface area contributed by atoms with Crippen molar-refractivity contribution in [1.82, 2.24) is 0 Å². The first-order valence-corrected chi connectivity index (χ1v) is 3.25. The second kappa shape index (κ2) is 10.4. The molecule has 0 aromatic carbocycles. The fourth-order valence-corrected chi connectivity index (χ4v) is 0.239. The maximum atomic E-state index is 9.83. The average Bonchev–Trinajstić information content (AvgIpc) is 2.12. The predicted molar refractivity (Wildman–Crippen MR) is 47.9 cm³/mol. The Labute approximate surface area is 80.7 Å². The number of nitriles is 2. The fraction of sp³-hybridized carbons (Fsp3) is 0. The van der Waals surface area contributed by atoms with E-state index in [0.29, 0.717) is 0 Å². The monoisotopic (exact) mass is 192 g/mol. The first kappa shape index (κ1) is 14.0. The lowest BCUT2D eigenvalue weighted by atomic mass is 10.5. The van der Waals surface area contributed by atoms with Crippen LogP contribution in [0.4, 0.5) is 0 Å². The summed E-state index contributed by atoms with van der Waals surface area (Å²) in [5.74, 6) is -1.35. The molecule has 2 amide bonds. The van der Waals surface area contributed by atoms with Crippen molar-refractivity contribution in [2.75, 3.05) is 0 Å². The van der Waals surface area contributed by atoms with E-state index in [-0.39, 0.29) is 0 Å². The van der Waals surface area contributed by atoms with E-state index in [1.807, 2.05) is 0 Å². The molecule has 14 heavy (non-hydrogen) atoms. The van der Waals surface area contributed by atoms with Crippen LogP contribution in [-0.4, -0.2) is 11.8 Å². The number of nitrogens with zero attached hydrogens (tertiary/aromatic N) is 2. The van der Waals surface area contributed by atoms with Gasteiger partial charge in [0.2, 0.25) is 11.8 Å². The van der Waals surface area contributed by atoms with E-state index in [1.165, 1.54) is 0 Å². The second-order valence-corrected chi connectivity index (χ2v) is 1.73. The molecule has 0 atom stereocenters. The Morgan fingerprint density at radius 3 is 1.36 bits per heavy atom.